The third-order valence-corrected chi connectivity index (χ3v) is 3.62. The van der Waals surface area contributed by atoms with E-state index < -0.39 is 16.9 Å². The zero-order valence-electron chi connectivity index (χ0n) is 13.3. The van der Waals surface area contributed by atoms with Crippen molar-refractivity contribution < 1.29 is 29.6 Å². The van der Waals surface area contributed by atoms with Crippen molar-refractivity contribution in [3.8, 4) is 40.1 Å². The Morgan fingerprint density at radius 2 is 1.80 bits per heavy atom. The Bertz CT molecular complexity index is 1000. The lowest BCUT2D eigenvalue weighted by Crippen LogP contribution is -2.03. The topological polar surface area (TPSA) is 120 Å². The number of benzene rings is 2. The van der Waals surface area contributed by atoms with Crippen LogP contribution < -0.4 is 10.2 Å². The van der Waals surface area contributed by atoms with Crippen molar-refractivity contribution >= 4 is 11.0 Å². The molecule has 0 saturated heterocycles. The summed E-state index contributed by atoms with van der Waals surface area (Å²) >= 11 is 0. The second kappa shape index (κ2) is 6.27. The summed E-state index contributed by atoms with van der Waals surface area (Å²) in [6, 6.07) is 6.42. The highest BCUT2D eigenvalue weighted by Crippen LogP contribution is 2.38. The molecule has 0 spiro atoms. The first-order valence-corrected chi connectivity index (χ1v) is 7.60. The molecule has 0 unspecified atom stereocenters. The minimum absolute atomic E-state index is 0.0962. The van der Waals surface area contributed by atoms with Gasteiger partial charge in [-0.2, -0.15) is 0 Å². The van der Waals surface area contributed by atoms with Gasteiger partial charge in [-0.1, -0.05) is 6.92 Å². The molecule has 7 nitrogen and oxygen atoms in total. The summed E-state index contributed by atoms with van der Waals surface area (Å²) in [7, 11) is 0. The van der Waals surface area contributed by atoms with E-state index in [2.05, 4.69) is 0 Å². The average Bonchev–Trinajstić information content (AvgIpc) is 2.56. The van der Waals surface area contributed by atoms with Gasteiger partial charge in [0.1, 0.15) is 22.5 Å². The number of phenolic OH excluding ortho intramolecular Hbond substituents is 3. The van der Waals surface area contributed by atoms with E-state index in [-0.39, 0.29) is 39.5 Å². The molecular weight excluding hydrogens is 328 g/mol. The summed E-state index contributed by atoms with van der Waals surface area (Å²) in [5.41, 5.74) is -0.707. The predicted octanol–water partition coefficient (Wildman–Crippen LogP) is 3.07. The number of aromatic hydroxyl groups is 4. The molecule has 2 aromatic carbocycles. The summed E-state index contributed by atoms with van der Waals surface area (Å²) in [5.74, 6) is -1.61. The van der Waals surface area contributed by atoms with E-state index in [9.17, 15) is 25.2 Å². The van der Waals surface area contributed by atoms with E-state index in [0.29, 0.717) is 6.61 Å². The number of ether oxygens (including phenoxy) is 1. The molecular formula is C18H16O7. The van der Waals surface area contributed by atoms with Gasteiger partial charge in [0, 0.05) is 17.7 Å². The van der Waals surface area contributed by atoms with Crippen LogP contribution in [0.25, 0.3) is 22.3 Å². The number of rotatable bonds is 4. The first kappa shape index (κ1) is 16.5. The highest BCUT2D eigenvalue weighted by Gasteiger charge is 2.19. The minimum atomic E-state index is -0.848. The Morgan fingerprint density at radius 3 is 2.48 bits per heavy atom. The maximum atomic E-state index is 12.3. The fraction of sp³-hybridized carbons (Fsp3) is 0.167. The molecule has 7 heteroatoms. The maximum absolute atomic E-state index is 12.3. The molecule has 0 aliphatic heterocycles. The van der Waals surface area contributed by atoms with Gasteiger partial charge in [0.25, 0.3) is 0 Å². The van der Waals surface area contributed by atoms with Crippen LogP contribution in [0.15, 0.2) is 39.5 Å². The van der Waals surface area contributed by atoms with Gasteiger partial charge < -0.3 is 29.6 Å². The van der Waals surface area contributed by atoms with Crippen LogP contribution in [0.4, 0.5) is 0 Å². The molecule has 0 fully saturated rings. The highest BCUT2D eigenvalue weighted by atomic mass is 16.5. The van der Waals surface area contributed by atoms with Gasteiger partial charge in [0.2, 0.25) is 11.2 Å². The second-order valence-electron chi connectivity index (χ2n) is 5.48. The van der Waals surface area contributed by atoms with Crippen LogP contribution in [0.3, 0.4) is 0 Å². The van der Waals surface area contributed by atoms with Crippen molar-refractivity contribution in [1.29, 1.82) is 0 Å². The Balaban J connectivity index is 2.17. The third-order valence-electron chi connectivity index (χ3n) is 3.62. The summed E-state index contributed by atoms with van der Waals surface area (Å²) in [6.45, 7) is 2.36. The normalized spacial score (nSPS) is 10.9. The van der Waals surface area contributed by atoms with Crippen LogP contribution >= 0.6 is 0 Å². The fourth-order valence-corrected chi connectivity index (χ4v) is 2.46. The Labute approximate surface area is 142 Å². The van der Waals surface area contributed by atoms with Crippen molar-refractivity contribution in [2.45, 2.75) is 13.3 Å². The molecule has 0 bridgehead atoms. The Hall–Kier alpha value is -3.35. The minimum Gasteiger partial charge on any atom is -0.508 e. The van der Waals surface area contributed by atoms with Gasteiger partial charge in [-0.3, -0.25) is 4.79 Å². The van der Waals surface area contributed by atoms with Crippen LogP contribution in [0.1, 0.15) is 13.3 Å². The zero-order valence-corrected chi connectivity index (χ0v) is 13.3. The first-order valence-electron chi connectivity index (χ1n) is 7.60. The van der Waals surface area contributed by atoms with Crippen molar-refractivity contribution in [2.75, 3.05) is 6.61 Å². The van der Waals surface area contributed by atoms with Crippen LogP contribution in [0.5, 0.6) is 28.7 Å². The quantitative estimate of drug-likeness (QED) is 0.574. The standard InChI is InChI=1S/C18H16O7/c1-2-5-24-13-4-3-9(6-11(13)20)18-17(23)16(22)15-12(21)7-10(19)8-14(15)25-18/h3-4,6-8,19-21,23H,2,5H2,1H3. The predicted molar refractivity (Wildman–Crippen MR) is 90.4 cm³/mol. The van der Waals surface area contributed by atoms with Gasteiger partial charge in [-0.05, 0) is 24.6 Å². The summed E-state index contributed by atoms with van der Waals surface area (Å²) in [5, 5.41) is 39.3. The second-order valence-corrected chi connectivity index (χ2v) is 5.48. The molecule has 4 N–H and O–H groups in total. The molecule has 1 heterocycles. The molecule has 25 heavy (non-hydrogen) atoms. The monoisotopic (exact) mass is 344 g/mol. The van der Waals surface area contributed by atoms with Crippen LogP contribution in [-0.4, -0.2) is 27.0 Å². The molecule has 3 rings (SSSR count). The third kappa shape index (κ3) is 2.91. The van der Waals surface area contributed by atoms with Crippen LogP contribution in [-0.2, 0) is 0 Å². The van der Waals surface area contributed by atoms with Crippen molar-refractivity contribution in [1.82, 2.24) is 0 Å². The average molecular weight is 344 g/mol. The molecule has 3 aromatic rings. The Morgan fingerprint density at radius 1 is 1.04 bits per heavy atom. The smallest absolute Gasteiger partial charge is 0.238 e. The van der Waals surface area contributed by atoms with Crippen LogP contribution in [0.2, 0.25) is 0 Å². The lowest BCUT2D eigenvalue weighted by Gasteiger charge is -2.10. The molecule has 0 aliphatic rings. The van der Waals surface area contributed by atoms with Crippen molar-refractivity contribution in [2.24, 2.45) is 0 Å². The first-order chi connectivity index (χ1) is 11.9. The van der Waals surface area contributed by atoms with E-state index in [1.54, 1.807) is 0 Å². The summed E-state index contributed by atoms with van der Waals surface area (Å²) in [4.78, 5) is 12.3. The number of hydrogen-bond donors (Lipinski definition) is 4. The van der Waals surface area contributed by atoms with Crippen molar-refractivity contribution in [3.05, 3.63) is 40.6 Å². The zero-order chi connectivity index (χ0) is 18.1. The van der Waals surface area contributed by atoms with E-state index >= 15 is 0 Å². The van der Waals surface area contributed by atoms with E-state index in [0.717, 1.165) is 18.6 Å². The largest absolute Gasteiger partial charge is 0.508 e. The van der Waals surface area contributed by atoms with Gasteiger partial charge in [0.05, 0.1) is 6.61 Å². The summed E-state index contributed by atoms with van der Waals surface area (Å²) < 4.78 is 10.8. The molecule has 0 atom stereocenters. The van der Waals surface area contributed by atoms with Gasteiger partial charge in [-0.25, -0.2) is 0 Å². The van der Waals surface area contributed by atoms with E-state index in [1.807, 2.05) is 6.92 Å². The van der Waals surface area contributed by atoms with Crippen LogP contribution in [0, 0.1) is 0 Å². The van der Waals surface area contributed by atoms with Gasteiger partial charge in [0.15, 0.2) is 17.3 Å². The number of hydrogen-bond acceptors (Lipinski definition) is 7. The van der Waals surface area contributed by atoms with Gasteiger partial charge in [-0.15, -0.1) is 0 Å². The van der Waals surface area contributed by atoms with Crippen molar-refractivity contribution in [3.63, 3.8) is 0 Å². The molecule has 0 aliphatic carbocycles. The molecule has 130 valence electrons. The van der Waals surface area contributed by atoms with Gasteiger partial charge >= 0.3 is 0 Å². The maximum Gasteiger partial charge on any atom is 0.238 e. The Kier molecular flexibility index (Phi) is 4.14. The lowest BCUT2D eigenvalue weighted by molar-refractivity contribution is 0.299. The molecule has 0 amide bonds. The number of phenols is 3. The highest BCUT2D eigenvalue weighted by molar-refractivity contribution is 5.88. The van der Waals surface area contributed by atoms with E-state index in [4.69, 9.17) is 9.15 Å². The lowest BCUT2D eigenvalue weighted by atomic mass is 10.1. The molecule has 1 aromatic heterocycles. The molecule has 0 radical (unpaired) electrons. The van der Waals surface area contributed by atoms with E-state index in [1.165, 1.54) is 18.2 Å². The number of fused-ring (bicyclic) bond motifs is 1. The summed E-state index contributed by atoms with van der Waals surface area (Å²) in [6.07, 6.45) is 0.772. The fourth-order valence-electron chi connectivity index (χ4n) is 2.46. The SMILES string of the molecule is CCCOc1ccc(-c2oc3cc(O)cc(O)c3c(=O)c2O)cc1O. The molecule has 0 saturated carbocycles.